The first-order valence-corrected chi connectivity index (χ1v) is 6.30. The van der Waals surface area contributed by atoms with Crippen molar-refractivity contribution < 1.29 is 9.90 Å². The maximum atomic E-state index is 10.7. The van der Waals surface area contributed by atoms with E-state index in [4.69, 9.17) is 5.11 Å². The number of hydrogen-bond acceptors (Lipinski definition) is 6. The summed E-state index contributed by atoms with van der Waals surface area (Å²) in [5.41, 5.74) is 0.851. The van der Waals surface area contributed by atoms with Crippen molar-refractivity contribution >= 4 is 11.8 Å². The molecule has 2 N–H and O–H groups in total. The van der Waals surface area contributed by atoms with E-state index in [-0.39, 0.29) is 5.69 Å². The zero-order valence-corrected chi connectivity index (χ0v) is 11.4. The van der Waals surface area contributed by atoms with Crippen molar-refractivity contribution in [2.24, 2.45) is 0 Å². The Morgan fingerprint density at radius 3 is 2.90 bits per heavy atom. The van der Waals surface area contributed by atoms with Crippen molar-refractivity contribution in [3.8, 4) is 0 Å². The second-order valence-corrected chi connectivity index (χ2v) is 4.26. The second-order valence-electron chi connectivity index (χ2n) is 4.26. The summed E-state index contributed by atoms with van der Waals surface area (Å²) in [7, 11) is 0. The van der Waals surface area contributed by atoms with Gasteiger partial charge in [-0.3, -0.25) is 0 Å². The Morgan fingerprint density at radius 1 is 1.45 bits per heavy atom. The summed E-state index contributed by atoms with van der Waals surface area (Å²) in [6.07, 6.45) is 2.17. The monoisotopic (exact) mass is 276 g/mol. The predicted molar refractivity (Wildman–Crippen MR) is 71.6 cm³/mol. The molecule has 0 aliphatic carbocycles. The molecule has 106 valence electrons. The minimum absolute atomic E-state index is 0.0591. The summed E-state index contributed by atoms with van der Waals surface area (Å²) < 4.78 is 1.48. The molecule has 2 aromatic rings. The summed E-state index contributed by atoms with van der Waals surface area (Å²) in [5, 5.41) is 19.2. The van der Waals surface area contributed by atoms with Gasteiger partial charge in [-0.25, -0.2) is 19.4 Å². The minimum Gasteiger partial charge on any atom is -0.476 e. The quantitative estimate of drug-likeness (QED) is 0.801. The number of aromatic carboxylic acids is 1. The molecule has 8 heteroatoms. The fourth-order valence-corrected chi connectivity index (χ4v) is 1.68. The van der Waals surface area contributed by atoms with Gasteiger partial charge in [0.25, 0.3) is 0 Å². The Morgan fingerprint density at radius 2 is 2.25 bits per heavy atom. The first kappa shape index (κ1) is 13.9. The number of carboxylic acid groups (broad SMARTS) is 1. The molecule has 0 aromatic carbocycles. The van der Waals surface area contributed by atoms with E-state index in [0.717, 1.165) is 23.8 Å². The number of aryl methyl sites for hydroxylation is 2. The van der Waals surface area contributed by atoms with Gasteiger partial charge in [-0.1, -0.05) is 12.1 Å². The van der Waals surface area contributed by atoms with Crippen LogP contribution in [-0.2, 0) is 13.0 Å². The van der Waals surface area contributed by atoms with Crippen molar-refractivity contribution in [1.82, 2.24) is 25.0 Å². The van der Waals surface area contributed by atoms with Crippen LogP contribution in [0.1, 0.15) is 28.9 Å². The topological polar surface area (TPSA) is 106 Å². The maximum Gasteiger partial charge on any atom is 0.358 e. The molecule has 0 aliphatic rings. The van der Waals surface area contributed by atoms with Crippen LogP contribution in [0.5, 0.6) is 0 Å². The number of carbonyl (C=O) groups is 1. The Labute approximate surface area is 115 Å². The molecule has 20 heavy (non-hydrogen) atoms. The van der Waals surface area contributed by atoms with Crippen LogP contribution in [0.4, 0.5) is 5.82 Å². The highest BCUT2D eigenvalue weighted by Crippen LogP contribution is 2.06. The third kappa shape index (κ3) is 3.50. The van der Waals surface area contributed by atoms with E-state index in [1.165, 1.54) is 10.9 Å². The molecule has 0 saturated heterocycles. The standard InChI is InChI=1S/C12H16N6O2/c1-3-10-14-8(2)6-11(15-10)13-4-5-18-7-9(12(19)20)16-17-18/h6-7H,3-5H2,1-2H3,(H,19,20)(H,13,14,15). The molecule has 0 saturated carbocycles. The summed E-state index contributed by atoms with van der Waals surface area (Å²) in [4.78, 5) is 19.3. The zero-order valence-electron chi connectivity index (χ0n) is 11.4. The predicted octanol–water partition coefficient (Wildman–Crippen LogP) is 0.749. The molecule has 2 aromatic heterocycles. The van der Waals surface area contributed by atoms with Crippen molar-refractivity contribution in [1.29, 1.82) is 0 Å². The van der Waals surface area contributed by atoms with Crippen molar-refractivity contribution in [3.05, 3.63) is 29.5 Å². The van der Waals surface area contributed by atoms with Gasteiger partial charge < -0.3 is 10.4 Å². The molecule has 0 amide bonds. The minimum atomic E-state index is -1.08. The number of nitrogens with one attached hydrogen (secondary N) is 1. The Hall–Kier alpha value is -2.51. The molecule has 2 rings (SSSR count). The third-order valence-electron chi connectivity index (χ3n) is 2.62. The van der Waals surface area contributed by atoms with Crippen LogP contribution in [0.15, 0.2) is 12.3 Å². The lowest BCUT2D eigenvalue weighted by Gasteiger charge is -2.07. The highest BCUT2D eigenvalue weighted by atomic mass is 16.4. The molecule has 0 fully saturated rings. The van der Waals surface area contributed by atoms with E-state index >= 15 is 0 Å². The molecule has 0 bridgehead atoms. The van der Waals surface area contributed by atoms with Gasteiger partial charge in [-0.05, 0) is 6.92 Å². The Balaban J connectivity index is 1.92. The fraction of sp³-hybridized carbons (Fsp3) is 0.417. The Kier molecular flexibility index (Phi) is 4.24. The van der Waals surface area contributed by atoms with Crippen molar-refractivity contribution in [2.75, 3.05) is 11.9 Å². The van der Waals surface area contributed by atoms with E-state index in [2.05, 4.69) is 25.6 Å². The van der Waals surface area contributed by atoms with Crippen LogP contribution < -0.4 is 5.32 Å². The number of anilines is 1. The van der Waals surface area contributed by atoms with E-state index in [1.807, 2.05) is 19.9 Å². The van der Waals surface area contributed by atoms with Crippen LogP contribution in [-0.4, -0.2) is 42.6 Å². The number of hydrogen-bond donors (Lipinski definition) is 2. The highest BCUT2D eigenvalue weighted by molar-refractivity contribution is 5.84. The van der Waals surface area contributed by atoms with Crippen molar-refractivity contribution in [2.45, 2.75) is 26.8 Å². The lowest BCUT2D eigenvalue weighted by atomic mass is 10.3. The van der Waals surface area contributed by atoms with Crippen molar-refractivity contribution in [3.63, 3.8) is 0 Å². The van der Waals surface area contributed by atoms with Crippen LogP contribution >= 0.6 is 0 Å². The smallest absolute Gasteiger partial charge is 0.358 e. The molecule has 0 radical (unpaired) electrons. The summed E-state index contributed by atoms with van der Waals surface area (Å²) >= 11 is 0. The molecule has 0 spiro atoms. The largest absolute Gasteiger partial charge is 0.476 e. The van der Waals surface area contributed by atoms with Crippen LogP contribution in [0.25, 0.3) is 0 Å². The van der Waals surface area contributed by atoms with Crippen LogP contribution in [0.2, 0.25) is 0 Å². The molecule has 0 unspecified atom stereocenters. The molecule has 0 atom stereocenters. The van der Waals surface area contributed by atoms with Gasteiger partial charge >= 0.3 is 5.97 Å². The lowest BCUT2D eigenvalue weighted by molar-refractivity contribution is 0.0690. The highest BCUT2D eigenvalue weighted by Gasteiger charge is 2.07. The third-order valence-corrected chi connectivity index (χ3v) is 2.62. The van der Waals surface area contributed by atoms with Gasteiger partial charge in [0.1, 0.15) is 11.6 Å². The van der Waals surface area contributed by atoms with E-state index in [9.17, 15) is 4.79 Å². The second kappa shape index (κ2) is 6.09. The number of rotatable bonds is 6. The van der Waals surface area contributed by atoms with E-state index in [0.29, 0.717) is 13.1 Å². The van der Waals surface area contributed by atoms with Crippen LogP contribution in [0.3, 0.4) is 0 Å². The zero-order chi connectivity index (χ0) is 14.5. The molecular weight excluding hydrogens is 260 g/mol. The fourth-order valence-electron chi connectivity index (χ4n) is 1.68. The first-order valence-electron chi connectivity index (χ1n) is 6.30. The summed E-state index contributed by atoms with van der Waals surface area (Å²) in [6, 6.07) is 1.86. The maximum absolute atomic E-state index is 10.7. The first-order chi connectivity index (χ1) is 9.58. The molecule has 0 aliphatic heterocycles. The molecule has 8 nitrogen and oxygen atoms in total. The van der Waals surface area contributed by atoms with Gasteiger partial charge in [0, 0.05) is 24.7 Å². The number of nitrogens with zero attached hydrogens (tertiary/aromatic N) is 5. The number of aromatic nitrogens is 5. The van der Waals surface area contributed by atoms with Gasteiger partial charge in [0.05, 0.1) is 12.7 Å². The van der Waals surface area contributed by atoms with Gasteiger partial charge in [0.15, 0.2) is 5.69 Å². The molecule has 2 heterocycles. The normalized spacial score (nSPS) is 10.5. The van der Waals surface area contributed by atoms with E-state index < -0.39 is 5.97 Å². The molecular formula is C12H16N6O2. The average Bonchev–Trinajstić information content (AvgIpc) is 2.87. The summed E-state index contributed by atoms with van der Waals surface area (Å²) in [6.45, 7) is 5.00. The summed E-state index contributed by atoms with van der Waals surface area (Å²) in [5.74, 6) is 0.470. The van der Waals surface area contributed by atoms with E-state index in [1.54, 1.807) is 0 Å². The van der Waals surface area contributed by atoms with Gasteiger partial charge in [-0.2, -0.15) is 0 Å². The SMILES string of the molecule is CCc1nc(C)cc(NCCn2cc(C(=O)O)nn2)n1. The average molecular weight is 276 g/mol. The van der Waals surface area contributed by atoms with Gasteiger partial charge in [-0.15, -0.1) is 5.10 Å². The lowest BCUT2D eigenvalue weighted by Crippen LogP contribution is -2.13. The van der Waals surface area contributed by atoms with Gasteiger partial charge in [0.2, 0.25) is 0 Å². The van der Waals surface area contributed by atoms with Crippen LogP contribution in [0, 0.1) is 6.92 Å². The Bertz CT molecular complexity index is 610. The number of carboxylic acids is 1.